The van der Waals surface area contributed by atoms with E-state index in [9.17, 15) is 0 Å². The van der Waals surface area contributed by atoms with Crippen molar-refractivity contribution in [3.63, 3.8) is 0 Å². The van der Waals surface area contributed by atoms with Crippen LogP contribution in [0.3, 0.4) is 0 Å². The number of nitrogens with two attached hydrogens (primary N) is 1. The van der Waals surface area contributed by atoms with Crippen LogP contribution in [0.15, 0.2) is 18.2 Å². The van der Waals surface area contributed by atoms with Gasteiger partial charge in [-0.15, -0.1) is 0 Å². The maximum atomic E-state index is 6.29. The fourth-order valence-electron chi connectivity index (χ4n) is 2.60. The van der Waals surface area contributed by atoms with Crippen LogP contribution < -0.4 is 10.5 Å². The topological polar surface area (TPSA) is 35.2 Å². The molecule has 0 spiro atoms. The van der Waals surface area contributed by atoms with Crippen molar-refractivity contribution >= 4 is 0 Å². The average Bonchev–Trinajstić information content (AvgIpc) is 2.70. The van der Waals surface area contributed by atoms with Crippen LogP contribution in [0.1, 0.15) is 37.3 Å². The van der Waals surface area contributed by atoms with Crippen LogP contribution in [0.4, 0.5) is 0 Å². The summed E-state index contributed by atoms with van der Waals surface area (Å²) >= 11 is 0. The summed E-state index contributed by atoms with van der Waals surface area (Å²) < 4.78 is 5.29. The lowest BCUT2D eigenvalue weighted by atomic mass is 9.87. The van der Waals surface area contributed by atoms with Gasteiger partial charge >= 0.3 is 0 Å². The third-order valence-corrected chi connectivity index (χ3v) is 3.71. The molecule has 16 heavy (non-hydrogen) atoms. The zero-order valence-electron chi connectivity index (χ0n) is 10.4. The molecule has 0 amide bonds. The van der Waals surface area contributed by atoms with Crippen molar-refractivity contribution in [2.24, 2.45) is 11.7 Å². The lowest BCUT2D eigenvalue weighted by molar-refractivity contribution is 0.404. The van der Waals surface area contributed by atoms with E-state index in [2.05, 4.69) is 26.0 Å². The molecule has 2 heteroatoms. The van der Waals surface area contributed by atoms with Gasteiger partial charge in [-0.2, -0.15) is 0 Å². The SMILES string of the molecule is COc1ccc2c(c1)C(C(N)C(C)C)CC2. The van der Waals surface area contributed by atoms with Crippen molar-refractivity contribution in [1.82, 2.24) is 0 Å². The minimum Gasteiger partial charge on any atom is -0.497 e. The number of hydrogen-bond acceptors (Lipinski definition) is 2. The van der Waals surface area contributed by atoms with E-state index in [1.54, 1.807) is 7.11 Å². The summed E-state index contributed by atoms with van der Waals surface area (Å²) in [6.45, 7) is 4.39. The maximum Gasteiger partial charge on any atom is 0.119 e. The van der Waals surface area contributed by atoms with E-state index >= 15 is 0 Å². The van der Waals surface area contributed by atoms with Gasteiger partial charge in [0.2, 0.25) is 0 Å². The molecule has 0 aromatic heterocycles. The number of aryl methyl sites for hydroxylation is 1. The predicted octanol–water partition coefficient (Wildman–Crippen LogP) is 2.71. The van der Waals surface area contributed by atoms with E-state index in [1.807, 2.05) is 6.07 Å². The molecule has 0 saturated carbocycles. The summed E-state index contributed by atoms with van der Waals surface area (Å²) in [6, 6.07) is 6.65. The van der Waals surface area contributed by atoms with E-state index in [0.29, 0.717) is 11.8 Å². The molecule has 2 rings (SSSR count). The molecule has 1 aliphatic carbocycles. The standard InChI is InChI=1S/C14H21NO/c1-9(2)14(15)12-7-5-10-4-6-11(16-3)8-13(10)12/h4,6,8-9,12,14H,5,7,15H2,1-3H3. The first kappa shape index (κ1) is 11.5. The Hall–Kier alpha value is -1.02. The van der Waals surface area contributed by atoms with Crippen molar-refractivity contribution in [1.29, 1.82) is 0 Å². The lowest BCUT2D eigenvalue weighted by Gasteiger charge is -2.24. The number of benzene rings is 1. The highest BCUT2D eigenvalue weighted by atomic mass is 16.5. The van der Waals surface area contributed by atoms with E-state index in [4.69, 9.17) is 10.5 Å². The normalized spacial score (nSPS) is 20.9. The number of hydrogen-bond donors (Lipinski definition) is 1. The molecule has 0 aliphatic heterocycles. The molecular formula is C14H21NO. The highest BCUT2D eigenvalue weighted by Gasteiger charge is 2.29. The summed E-state index contributed by atoms with van der Waals surface area (Å²) in [5, 5.41) is 0. The molecule has 0 fully saturated rings. The largest absolute Gasteiger partial charge is 0.497 e. The minimum absolute atomic E-state index is 0.258. The highest BCUT2D eigenvalue weighted by Crippen LogP contribution is 2.38. The Labute approximate surface area is 97.8 Å². The lowest BCUT2D eigenvalue weighted by Crippen LogP contribution is -2.32. The fourth-order valence-corrected chi connectivity index (χ4v) is 2.60. The van der Waals surface area contributed by atoms with Gasteiger partial charge in [-0.3, -0.25) is 0 Å². The van der Waals surface area contributed by atoms with Gasteiger partial charge in [0.1, 0.15) is 5.75 Å². The summed E-state index contributed by atoms with van der Waals surface area (Å²) in [5.74, 6) is 1.98. The third kappa shape index (κ3) is 1.94. The molecule has 0 saturated heterocycles. The van der Waals surface area contributed by atoms with E-state index in [0.717, 1.165) is 12.2 Å². The summed E-state index contributed by atoms with van der Waals surface area (Å²) in [7, 11) is 1.72. The van der Waals surface area contributed by atoms with Gasteiger partial charge in [-0.1, -0.05) is 19.9 Å². The first-order chi connectivity index (χ1) is 7.63. The van der Waals surface area contributed by atoms with Gasteiger partial charge < -0.3 is 10.5 Å². The molecule has 2 nitrogen and oxygen atoms in total. The van der Waals surface area contributed by atoms with E-state index < -0.39 is 0 Å². The van der Waals surface area contributed by atoms with Crippen LogP contribution in [-0.2, 0) is 6.42 Å². The summed E-state index contributed by atoms with van der Waals surface area (Å²) in [6.07, 6.45) is 2.34. The second-order valence-electron chi connectivity index (χ2n) is 5.03. The Balaban J connectivity index is 2.30. The first-order valence-corrected chi connectivity index (χ1v) is 6.06. The Morgan fingerprint density at radius 3 is 2.75 bits per heavy atom. The van der Waals surface area contributed by atoms with Crippen LogP contribution in [0, 0.1) is 5.92 Å². The zero-order valence-corrected chi connectivity index (χ0v) is 10.4. The summed E-state index contributed by atoms with van der Waals surface area (Å²) in [4.78, 5) is 0. The van der Waals surface area contributed by atoms with Crippen molar-refractivity contribution in [2.75, 3.05) is 7.11 Å². The monoisotopic (exact) mass is 219 g/mol. The molecule has 2 unspecified atom stereocenters. The second kappa shape index (κ2) is 4.46. The summed E-state index contributed by atoms with van der Waals surface area (Å²) in [5.41, 5.74) is 9.14. The van der Waals surface area contributed by atoms with Crippen molar-refractivity contribution in [3.8, 4) is 5.75 Å². The molecule has 2 atom stereocenters. The molecule has 0 radical (unpaired) electrons. The van der Waals surface area contributed by atoms with Gasteiger partial charge in [-0.25, -0.2) is 0 Å². The number of rotatable bonds is 3. The van der Waals surface area contributed by atoms with Crippen molar-refractivity contribution in [2.45, 2.75) is 38.6 Å². The smallest absolute Gasteiger partial charge is 0.119 e. The van der Waals surface area contributed by atoms with Gasteiger partial charge in [0.15, 0.2) is 0 Å². The van der Waals surface area contributed by atoms with E-state index in [-0.39, 0.29) is 6.04 Å². The Morgan fingerprint density at radius 2 is 2.12 bits per heavy atom. The number of ether oxygens (including phenoxy) is 1. The Kier molecular flexibility index (Phi) is 3.20. The molecule has 2 N–H and O–H groups in total. The molecule has 1 aromatic rings. The second-order valence-corrected chi connectivity index (χ2v) is 5.03. The maximum absolute atomic E-state index is 6.29. The van der Waals surface area contributed by atoms with Gasteiger partial charge in [0, 0.05) is 6.04 Å². The predicted molar refractivity (Wildman–Crippen MR) is 66.9 cm³/mol. The fraction of sp³-hybridized carbons (Fsp3) is 0.571. The number of fused-ring (bicyclic) bond motifs is 1. The van der Waals surface area contributed by atoms with Crippen LogP contribution >= 0.6 is 0 Å². The van der Waals surface area contributed by atoms with Crippen LogP contribution in [-0.4, -0.2) is 13.2 Å². The van der Waals surface area contributed by atoms with Crippen molar-refractivity contribution in [3.05, 3.63) is 29.3 Å². The first-order valence-electron chi connectivity index (χ1n) is 6.06. The van der Waals surface area contributed by atoms with Crippen LogP contribution in [0.2, 0.25) is 0 Å². The third-order valence-electron chi connectivity index (χ3n) is 3.71. The Morgan fingerprint density at radius 1 is 1.38 bits per heavy atom. The van der Waals surface area contributed by atoms with Gasteiger partial charge in [0.25, 0.3) is 0 Å². The Bertz CT molecular complexity index is 373. The molecule has 1 aromatic carbocycles. The quantitative estimate of drug-likeness (QED) is 0.848. The van der Waals surface area contributed by atoms with E-state index in [1.165, 1.54) is 17.5 Å². The van der Waals surface area contributed by atoms with Gasteiger partial charge in [-0.05, 0) is 47.9 Å². The molecular weight excluding hydrogens is 198 g/mol. The average molecular weight is 219 g/mol. The number of methoxy groups -OCH3 is 1. The minimum atomic E-state index is 0.258. The van der Waals surface area contributed by atoms with Crippen LogP contribution in [0.25, 0.3) is 0 Å². The molecule has 88 valence electrons. The molecule has 0 bridgehead atoms. The zero-order chi connectivity index (χ0) is 11.7. The van der Waals surface area contributed by atoms with Crippen molar-refractivity contribution < 1.29 is 4.74 Å². The van der Waals surface area contributed by atoms with Crippen LogP contribution in [0.5, 0.6) is 5.75 Å². The van der Waals surface area contributed by atoms with Gasteiger partial charge in [0.05, 0.1) is 7.11 Å². The highest BCUT2D eigenvalue weighted by molar-refractivity contribution is 5.42. The molecule has 1 aliphatic rings. The molecule has 0 heterocycles.